The van der Waals surface area contributed by atoms with Crippen LogP contribution in [0.1, 0.15) is 15.2 Å². The van der Waals surface area contributed by atoms with Crippen molar-refractivity contribution in [3.05, 3.63) is 52.2 Å². The van der Waals surface area contributed by atoms with Gasteiger partial charge in [0.15, 0.2) is 0 Å². The van der Waals surface area contributed by atoms with Crippen LogP contribution >= 0.6 is 11.3 Å². The Bertz CT molecular complexity index is 789. The Kier molecular flexibility index (Phi) is 6.98. The molecule has 25 heavy (non-hydrogen) atoms. The number of thiophene rings is 1. The number of sulfonamides is 1. The Balaban J connectivity index is 1.89. The minimum Gasteiger partial charge on any atom is -0.497 e. The summed E-state index contributed by atoms with van der Waals surface area (Å²) >= 11 is 1.35. The lowest BCUT2D eigenvalue weighted by molar-refractivity contribution is 0.0955. The van der Waals surface area contributed by atoms with Crippen molar-refractivity contribution >= 4 is 27.3 Å². The monoisotopic (exact) mass is 382 g/mol. The fourth-order valence-electron chi connectivity index (χ4n) is 2.31. The zero-order valence-corrected chi connectivity index (χ0v) is 15.9. The van der Waals surface area contributed by atoms with Crippen LogP contribution in [-0.4, -0.2) is 51.6 Å². The van der Waals surface area contributed by atoms with Crippen LogP contribution in [0, 0.1) is 0 Å². The average molecular weight is 383 g/mol. The maximum Gasteiger partial charge on any atom is 0.261 e. The molecule has 0 spiro atoms. The molecule has 2 aromatic rings. The predicted molar refractivity (Wildman–Crippen MR) is 99.8 cm³/mol. The molecule has 0 aliphatic carbocycles. The predicted octanol–water partition coefficient (Wildman–Crippen LogP) is 1.99. The Morgan fingerprint density at radius 2 is 2.04 bits per heavy atom. The van der Waals surface area contributed by atoms with Crippen molar-refractivity contribution in [1.29, 1.82) is 0 Å². The van der Waals surface area contributed by atoms with Crippen molar-refractivity contribution in [3.63, 3.8) is 0 Å². The van der Waals surface area contributed by atoms with Gasteiger partial charge >= 0.3 is 0 Å². The second-order valence-corrected chi connectivity index (χ2v) is 8.43. The number of rotatable bonds is 9. The molecule has 0 saturated carbocycles. The molecule has 1 heterocycles. The van der Waals surface area contributed by atoms with Gasteiger partial charge in [0.1, 0.15) is 5.75 Å². The lowest BCUT2D eigenvalue weighted by Crippen LogP contribution is -2.39. The summed E-state index contributed by atoms with van der Waals surface area (Å²) in [5, 5.41) is 4.57. The molecule has 0 saturated heterocycles. The van der Waals surface area contributed by atoms with E-state index >= 15 is 0 Å². The van der Waals surface area contributed by atoms with E-state index in [2.05, 4.69) is 5.32 Å². The van der Waals surface area contributed by atoms with Crippen molar-refractivity contribution in [1.82, 2.24) is 9.62 Å². The van der Waals surface area contributed by atoms with Crippen LogP contribution in [-0.2, 0) is 16.4 Å². The van der Waals surface area contributed by atoms with Crippen LogP contribution in [0.15, 0.2) is 41.8 Å². The third-order valence-electron chi connectivity index (χ3n) is 3.64. The highest BCUT2D eigenvalue weighted by molar-refractivity contribution is 7.88. The average Bonchev–Trinajstić information content (AvgIpc) is 3.11. The third-order valence-corrected chi connectivity index (χ3v) is 5.82. The van der Waals surface area contributed by atoms with Crippen molar-refractivity contribution in [2.45, 2.75) is 6.42 Å². The summed E-state index contributed by atoms with van der Waals surface area (Å²) in [5.74, 6) is 0.558. The van der Waals surface area contributed by atoms with Gasteiger partial charge in [0.2, 0.25) is 10.0 Å². The zero-order valence-electron chi connectivity index (χ0n) is 14.3. The van der Waals surface area contributed by atoms with Crippen LogP contribution in [0.5, 0.6) is 5.75 Å². The fraction of sp³-hybridized carbons (Fsp3) is 0.353. The van der Waals surface area contributed by atoms with Crippen LogP contribution < -0.4 is 10.1 Å². The van der Waals surface area contributed by atoms with Gasteiger partial charge in [-0.1, -0.05) is 18.2 Å². The van der Waals surface area contributed by atoms with E-state index in [-0.39, 0.29) is 19.0 Å². The minimum absolute atomic E-state index is 0.184. The van der Waals surface area contributed by atoms with Crippen LogP contribution in [0.25, 0.3) is 0 Å². The SMILES string of the molecule is COc1cccc(CCN(CCNC(=O)c2cccs2)S(C)(=O)=O)c1. The Morgan fingerprint density at radius 3 is 2.68 bits per heavy atom. The quantitative estimate of drug-likeness (QED) is 0.720. The molecule has 0 unspecified atom stereocenters. The number of hydrogen-bond acceptors (Lipinski definition) is 5. The summed E-state index contributed by atoms with van der Waals surface area (Å²) in [5.41, 5.74) is 0.996. The lowest BCUT2D eigenvalue weighted by atomic mass is 10.1. The molecule has 1 amide bonds. The molecule has 0 radical (unpaired) electrons. The molecule has 0 fully saturated rings. The largest absolute Gasteiger partial charge is 0.497 e. The molecule has 8 heteroatoms. The maximum absolute atomic E-state index is 12.0. The van der Waals surface area contributed by atoms with Gasteiger partial charge in [-0.05, 0) is 35.6 Å². The number of carbonyl (C=O) groups is 1. The number of methoxy groups -OCH3 is 1. The first kappa shape index (κ1) is 19.4. The summed E-state index contributed by atoms with van der Waals surface area (Å²) in [6, 6.07) is 11.1. The summed E-state index contributed by atoms with van der Waals surface area (Å²) in [4.78, 5) is 12.5. The number of carbonyl (C=O) groups excluding carboxylic acids is 1. The van der Waals surface area contributed by atoms with Gasteiger partial charge in [-0.15, -0.1) is 11.3 Å². The molecule has 0 atom stereocenters. The number of amides is 1. The topological polar surface area (TPSA) is 75.7 Å². The summed E-state index contributed by atoms with van der Waals surface area (Å²) in [7, 11) is -1.75. The van der Waals surface area contributed by atoms with Crippen LogP contribution in [0.4, 0.5) is 0 Å². The molecule has 1 aromatic carbocycles. The lowest BCUT2D eigenvalue weighted by Gasteiger charge is -2.20. The molecule has 0 aliphatic heterocycles. The van der Waals surface area contributed by atoms with E-state index in [0.29, 0.717) is 17.8 Å². The van der Waals surface area contributed by atoms with Crippen LogP contribution in [0.3, 0.4) is 0 Å². The Morgan fingerprint density at radius 1 is 1.24 bits per heavy atom. The van der Waals surface area contributed by atoms with Crippen LogP contribution in [0.2, 0.25) is 0 Å². The van der Waals surface area contributed by atoms with Gasteiger partial charge < -0.3 is 10.1 Å². The van der Waals surface area contributed by atoms with Gasteiger partial charge in [-0.3, -0.25) is 4.79 Å². The Labute approximate surface area is 152 Å². The van der Waals surface area contributed by atoms with Gasteiger partial charge in [-0.25, -0.2) is 12.7 Å². The van der Waals surface area contributed by atoms with Crippen molar-refractivity contribution in [2.75, 3.05) is 33.0 Å². The van der Waals surface area contributed by atoms with Gasteiger partial charge in [0.05, 0.1) is 18.2 Å². The van der Waals surface area contributed by atoms with E-state index in [1.54, 1.807) is 19.2 Å². The molecule has 1 aromatic heterocycles. The molecule has 1 N–H and O–H groups in total. The fourth-order valence-corrected chi connectivity index (χ4v) is 3.80. The van der Waals surface area contributed by atoms with E-state index in [4.69, 9.17) is 4.74 Å². The van der Waals surface area contributed by atoms with E-state index in [1.807, 2.05) is 29.6 Å². The molecule has 0 bridgehead atoms. The molecular weight excluding hydrogens is 360 g/mol. The first-order chi connectivity index (χ1) is 11.9. The van der Waals surface area contributed by atoms with Crippen molar-refractivity contribution in [2.24, 2.45) is 0 Å². The van der Waals surface area contributed by atoms with Crippen molar-refractivity contribution in [3.8, 4) is 5.75 Å². The van der Waals surface area contributed by atoms with Gasteiger partial charge in [-0.2, -0.15) is 0 Å². The highest BCUT2D eigenvalue weighted by Gasteiger charge is 2.17. The van der Waals surface area contributed by atoms with E-state index < -0.39 is 10.0 Å². The number of nitrogens with zero attached hydrogens (tertiary/aromatic N) is 1. The van der Waals surface area contributed by atoms with E-state index in [0.717, 1.165) is 11.3 Å². The van der Waals surface area contributed by atoms with Crippen molar-refractivity contribution < 1.29 is 17.9 Å². The summed E-state index contributed by atoms with van der Waals surface area (Å²) < 4.78 is 30.5. The molecule has 136 valence electrons. The number of nitrogens with one attached hydrogen (secondary N) is 1. The molecule has 2 rings (SSSR count). The Hall–Kier alpha value is -1.90. The second kappa shape index (κ2) is 8.98. The molecule has 6 nitrogen and oxygen atoms in total. The summed E-state index contributed by atoms with van der Waals surface area (Å²) in [6.07, 6.45) is 1.75. The van der Waals surface area contributed by atoms with E-state index in [1.165, 1.54) is 21.9 Å². The molecular formula is C17H22N2O4S2. The highest BCUT2D eigenvalue weighted by atomic mass is 32.2. The standard InChI is InChI=1S/C17H22N2O4S2/c1-23-15-6-3-5-14(13-15)8-10-19(25(2,21)22)11-9-18-17(20)16-7-4-12-24-16/h3-7,12-13H,8-11H2,1-2H3,(H,18,20). The van der Waals surface area contributed by atoms with Gasteiger partial charge in [0, 0.05) is 19.6 Å². The number of ether oxygens (including phenoxy) is 1. The third kappa shape index (κ3) is 6.15. The number of benzene rings is 1. The smallest absolute Gasteiger partial charge is 0.261 e. The number of hydrogen-bond donors (Lipinski definition) is 1. The maximum atomic E-state index is 12.0. The van der Waals surface area contributed by atoms with E-state index in [9.17, 15) is 13.2 Å². The van der Waals surface area contributed by atoms with Gasteiger partial charge in [0.25, 0.3) is 5.91 Å². The molecule has 0 aliphatic rings. The second-order valence-electron chi connectivity index (χ2n) is 5.50. The zero-order chi connectivity index (χ0) is 18.3. The first-order valence-electron chi connectivity index (χ1n) is 7.80. The highest BCUT2D eigenvalue weighted by Crippen LogP contribution is 2.14. The first-order valence-corrected chi connectivity index (χ1v) is 10.5. The normalized spacial score (nSPS) is 11.5. The minimum atomic E-state index is -3.35. The summed E-state index contributed by atoms with van der Waals surface area (Å²) in [6.45, 7) is 0.850.